The van der Waals surface area contributed by atoms with Gasteiger partial charge < -0.3 is 10.2 Å². The largest absolute Gasteiger partial charge is 0.327 e. The molecule has 0 spiro atoms. The van der Waals surface area contributed by atoms with Crippen LogP contribution in [-0.2, 0) is 0 Å². The van der Waals surface area contributed by atoms with Crippen LogP contribution in [0.4, 0.5) is 10.5 Å². The zero-order valence-corrected chi connectivity index (χ0v) is 9.47. The molecule has 1 aromatic rings. The van der Waals surface area contributed by atoms with Gasteiger partial charge in [0.25, 0.3) is 0 Å². The molecule has 0 aliphatic heterocycles. The summed E-state index contributed by atoms with van der Waals surface area (Å²) < 4.78 is 0. The monoisotopic (exact) mass is 228 g/mol. The first-order valence-corrected chi connectivity index (χ1v) is 5.06. The van der Waals surface area contributed by atoms with Gasteiger partial charge in [0, 0.05) is 19.3 Å². The van der Waals surface area contributed by atoms with Gasteiger partial charge in [0.15, 0.2) is 0 Å². The lowest BCUT2D eigenvalue weighted by Crippen LogP contribution is -2.31. The van der Waals surface area contributed by atoms with Gasteiger partial charge in [-0.1, -0.05) is 6.07 Å². The topological polar surface area (TPSA) is 79.9 Å². The Morgan fingerprint density at radius 2 is 2.24 bits per heavy atom. The summed E-state index contributed by atoms with van der Waals surface area (Å²) in [6, 6.07) is 10.3. The first-order valence-electron chi connectivity index (χ1n) is 5.06. The summed E-state index contributed by atoms with van der Waals surface area (Å²) in [6.45, 7) is 0.375. The molecule has 0 aromatic heterocycles. The van der Waals surface area contributed by atoms with E-state index in [1.165, 1.54) is 4.90 Å². The third-order valence-electron chi connectivity index (χ3n) is 2.15. The SMILES string of the molecule is CN(CCC#N)C(=O)Nc1cccc(C#N)c1. The fraction of sp³-hybridized carbons (Fsp3) is 0.250. The van der Waals surface area contributed by atoms with Crippen molar-refractivity contribution in [1.82, 2.24) is 4.90 Å². The smallest absolute Gasteiger partial charge is 0.321 e. The Labute approximate surface area is 99.9 Å². The minimum atomic E-state index is -0.296. The Bertz CT molecular complexity index is 484. The maximum absolute atomic E-state index is 11.6. The van der Waals surface area contributed by atoms with Crippen LogP contribution in [0.3, 0.4) is 0 Å². The molecular weight excluding hydrogens is 216 g/mol. The van der Waals surface area contributed by atoms with Crippen LogP contribution in [0.1, 0.15) is 12.0 Å². The van der Waals surface area contributed by atoms with Crippen molar-refractivity contribution >= 4 is 11.7 Å². The molecule has 0 fully saturated rings. The van der Waals surface area contributed by atoms with E-state index < -0.39 is 0 Å². The average molecular weight is 228 g/mol. The molecule has 0 unspecified atom stereocenters. The van der Waals surface area contributed by atoms with E-state index in [1.54, 1.807) is 31.3 Å². The van der Waals surface area contributed by atoms with Crippen LogP contribution in [-0.4, -0.2) is 24.5 Å². The van der Waals surface area contributed by atoms with E-state index >= 15 is 0 Å². The highest BCUT2D eigenvalue weighted by Crippen LogP contribution is 2.10. The Hall–Kier alpha value is -2.53. The highest BCUT2D eigenvalue weighted by Gasteiger charge is 2.08. The fourth-order valence-corrected chi connectivity index (χ4v) is 1.20. The standard InChI is InChI=1S/C12H12N4O/c1-16(7-3-6-13)12(17)15-11-5-2-4-10(8-11)9-14/h2,4-5,8H,3,7H2,1H3,(H,15,17). The lowest BCUT2D eigenvalue weighted by molar-refractivity contribution is 0.223. The summed E-state index contributed by atoms with van der Waals surface area (Å²) in [5.74, 6) is 0. The van der Waals surface area contributed by atoms with E-state index in [1.807, 2.05) is 12.1 Å². The van der Waals surface area contributed by atoms with Gasteiger partial charge in [-0.05, 0) is 18.2 Å². The molecule has 0 atom stereocenters. The maximum Gasteiger partial charge on any atom is 0.321 e. The molecule has 0 aliphatic rings. The lowest BCUT2D eigenvalue weighted by atomic mass is 10.2. The fourth-order valence-electron chi connectivity index (χ4n) is 1.20. The zero-order chi connectivity index (χ0) is 12.7. The van der Waals surface area contributed by atoms with Crippen molar-refractivity contribution in [2.24, 2.45) is 0 Å². The van der Waals surface area contributed by atoms with Crippen molar-refractivity contribution in [3.63, 3.8) is 0 Å². The van der Waals surface area contributed by atoms with Gasteiger partial charge in [0.2, 0.25) is 0 Å². The number of carbonyl (C=O) groups excluding carboxylic acids is 1. The van der Waals surface area contributed by atoms with Gasteiger partial charge in [0.1, 0.15) is 0 Å². The van der Waals surface area contributed by atoms with Gasteiger partial charge in [0.05, 0.1) is 24.1 Å². The van der Waals surface area contributed by atoms with Gasteiger partial charge in [-0.15, -0.1) is 0 Å². The van der Waals surface area contributed by atoms with Crippen molar-refractivity contribution in [1.29, 1.82) is 10.5 Å². The van der Waals surface area contributed by atoms with Gasteiger partial charge in [-0.3, -0.25) is 0 Å². The zero-order valence-electron chi connectivity index (χ0n) is 9.47. The number of rotatable bonds is 3. The molecule has 5 heteroatoms. The number of nitriles is 2. The molecule has 2 amide bonds. The second-order valence-electron chi connectivity index (χ2n) is 3.45. The molecule has 0 heterocycles. The van der Waals surface area contributed by atoms with Crippen LogP contribution < -0.4 is 5.32 Å². The molecule has 86 valence electrons. The quantitative estimate of drug-likeness (QED) is 0.858. The Morgan fingerprint density at radius 3 is 2.88 bits per heavy atom. The number of urea groups is 1. The van der Waals surface area contributed by atoms with Crippen LogP contribution in [0.15, 0.2) is 24.3 Å². The normalized spacial score (nSPS) is 8.88. The van der Waals surface area contributed by atoms with E-state index in [0.29, 0.717) is 24.2 Å². The van der Waals surface area contributed by atoms with Crippen molar-refractivity contribution in [2.75, 3.05) is 18.9 Å². The minimum absolute atomic E-state index is 0.294. The highest BCUT2D eigenvalue weighted by atomic mass is 16.2. The molecule has 0 radical (unpaired) electrons. The van der Waals surface area contributed by atoms with E-state index in [0.717, 1.165) is 0 Å². The van der Waals surface area contributed by atoms with Gasteiger partial charge in [-0.25, -0.2) is 4.79 Å². The molecule has 0 saturated carbocycles. The third-order valence-corrected chi connectivity index (χ3v) is 2.15. The number of nitrogens with zero attached hydrogens (tertiary/aromatic N) is 3. The summed E-state index contributed by atoms with van der Waals surface area (Å²) in [6.07, 6.45) is 0.294. The number of carbonyl (C=O) groups is 1. The summed E-state index contributed by atoms with van der Waals surface area (Å²) >= 11 is 0. The summed E-state index contributed by atoms with van der Waals surface area (Å²) in [7, 11) is 1.61. The van der Waals surface area contributed by atoms with Crippen molar-refractivity contribution < 1.29 is 4.79 Å². The summed E-state index contributed by atoms with van der Waals surface area (Å²) in [4.78, 5) is 13.1. The first-order chi connectivity index (χ1) is 8.17. The number of amides is 2. The summed E-state index contributed by atoms with van der Waals surface area (Å²) in [5.41, 5.74) is 1.06. The highest BCUT2D eigenvalue weighted by molar-refractivity contribution is 5.89. The second kappa shape index (κ2) is 6.14. The molecule has 0 bridgehead atoms. The van der Waals surface area contributed by atoms with E-state index in [-0.39, 0.29) is 6.03 Å². The number of benzene rings is 1. The van der Waals surface area contributed by atoms with E-state index in [9.17, 15) is 4.79 Å². The van der Waals surface area contributed by atoms with Crippen LogP contribution in [0.5, 0.6) is 0 Å². The molecule has 1 N–H and O–H groups in total. The predicted octanol–water partition coefficient (Wildman–Crippen LogP) is 1.94. The van der Waals surface area contributed by atoms with Crippen LogP contribution >= 0.6 is 0 Å². The lowest BCUT2D eigenvalue weighted by Gasteiger charge is -2.16. The summed E-state index contributed by atoms with van der Waals surface area (Å²) in [5, 5.41) is 19.8. The third kappa shape index (κ3) is 3.84. The Kier molecular flexibility index (Phi) is 4.53. The number of hydrogen-bond donors (Lipinski definition) is 1. The predicted molar refractivity (Wildman–Crippen MR) is 63.0 cm³/mol. The number of anilines is 1. The van der Waals surface area contributed by atoms with Crippen LogP contribution in [0, 0.1) is 22.7 Å². The van der Waals surface area contributed by atoms with Gasteiger partial charge >= 0.3 is 6.03 Å². The molecule has 0 aliphatic carbocycles. The van der Waals surface area contributed by atoms with Crippen molar-refractivity contribution in [2.45, 2.75) is 6.42 Å². The van der Waals surface area contributed by atoms with Gasteiger partial charge in [-0.2, -0.15) is 10.5 Å². The molecule has 1 aromatic carbocycles. The maximum atomic E-state index is 11.6. The Morgan fingerprint density at radius 1 is 1.47 bits per heavy atom. The van der Waals surface area contributed by atoms with E-state index in [2.05, 4.69) is 5.32 Å². The number of hydrogen-bond acceptors (Lipinski definition) is 3. The van der Waals surface area contributed by atoms with Crippen LogP contribution in [0.25, 0.3) is 0 Å². The number of nitrogens with one attached hydrogen (secondary N) is 1. The molecular formula is C12H12N4O. The molecule has 0 saturated heterocycles. The van der Waals surface area contributed by atoms with Crippen molar-refractivity contribution in [3.05, 3.63) is 29.8 Å². The van der Waals surface area contributed by atoms with Crippen molar-refractivity contribution in [3.8, 4) is 12.1 Å². The molecule has 1 rings (SSSR count). The minimum Gasteiger partial charge on any atom is -0.327 e. The Balaban J connectivity index is 2.62. The molecule has 17 heavy (non-hydrogen) atoms. The van der Waals surface area contributed by atoms with E-state index in [4.69, 9.17) is 10.5 Å². The van der Waals surface area contributed by atoms with Crippen LogP contribution in [0.2, 0.25) is 0 Å². The average Bonchev–Trinajstić information content (AvgIpc) is 2.36. The first kappa shape index (κ1) is 12.5. The second-order valence-corrected chi connectivity index (χ2v) is 3.45. The molecule has 5 nitrogen and oxygen atoms in total.